The molecule has 0 aliphatic heterocycles. The number of ketones is 1. The molecule has 0 aliphatic carbocycles. The van der Waals surface area contributed by atoms with Gasteiger partial charge in [0.1, 0.15) is 5.75 Å². The van der Waals surface area contributed by atoms with E-state index in [0.717, 1.165) is 0 Å². The predicted octanol–water partition coefficient (Wildman–Crippen LogP) is 0.768. The molecule has 0 aliphatic rings. The molecule has 0 heterocycles. The van der Waals surface area contributed by atoms with Crippen LogP contribution in [0.15, 0.2) is 24.3 Å². The van der Waals surface area contributed by atoms with Crippen LogP contribution < -0.4 is 10.5 Å². The minimum absolute atomic E-state index is 0.197. The second-order valence-corrected chi connectivity index (χ2v) is 3.32. The third-order valence-electron chi connectivity index (χ3n) is 2.20. The summed E-state index contributed by atoms with van der Waals surface area (Å²) in [4.78, 5) is 23.1. The van der Waals surface area contributed by atoms with Crippen LogP contribution in [-0.2, 0) is 9.53 Å². The Kier molecular flexibility index (Phi) is 4.66. The largest absolute Gasteiger partial charge is 0.497 e. The van der Waals surface area contributed by atoms with Gasteiger partial charge in [0.25, 0.3) is 0 Å². The summed E-state index contributed by atoms with van der Waals surface area (Å²) in [6.07, 6.45) is 0. The highest BCUT2D eigenvalue weighted by atomic mass is 16.5. The van der Waals surface area contributed by atoms with Crippen LogP contribution in [-0.4, -0.2) is 31.5 Å². The number of ether oxygens (including phenoxy) is 2. The maximum atomic E-state index is 11.8. The van der Waals surface area contributed by atoms with Crippen LogP contribution in [0.1, 0.15) is 17.3 Å². The lowest BCUT2D eigenvalue weighted by molar-refractivity contribution is -0.143. The number of rotatable bonds is 5. The summed E-state index contributed by atoms with van der Waals surface area (Å²) in [7, 11) is 1.53. The first kappa shape index (κ1) is 13.2. The van der Waals surface area contributed by atoms with Crippen LogP contribution in [0.25, 0.3) is 0 Å². The van der Waals surface area contributed by atoms with Gasteiger partial charge in [0.05, 0.1) is 13.7 Å². The lowest BCUT2D eigenvalue weighted by Gasteiger charge is -2.09. The molecule has 0 fully saturated rings. The standard InChI is InChI=1S/C12H15NO4/c1-3-17-12(15)10(13)11(14)8-4-6-9(16-2)7-5-8/h4-7,10H,3,13H2,1-2H3. The molecule has 1 aromatic carbocycles. The van der Waals surface area contributed by atoms with E-state index in [1.54, 1.807) is 31.2 Å². The van der Waals surface area contributed by atoms with E-state index in [1.165, 1.54) is 7.11 Å². The van der Waals surface area contributed by atoms with Gasteiger partial charge in [-0.2, -0.15) is 0 Å². The van der Waals surface area contributed by atoms with Crippen LogP contribution in [0, 0.1) is 0 Å². The molecule has 0 aromatic heterocycles. The number of nitrogens with two attached hydrogens (primary N) is 1. The minimum Gasteiger partial charge on any atom is -0.497 e. The molecule has 1 atom stereocenters. The summed E-state index contributed by atoms with van der Waals surface area (Å²) in [6, 6.07) is 5.10. The Bertz CT molecular complexity index is 399. The molecule has 0 saturated heterocycles. The summed E-state index contributed by atoms with van der Waals surface area (Å²) in [5, 5.41) is 0. The second-order valence-electron chi connectivity index (χ2n) is 3.32. The number of esters is 1. The van der Waals surface area contributed by atoms with Gasteiger partial charge in [-0.15, -0.1) is 0 Å². The fraction of sp³-hybridized carbons (Fsp3) is 0.333. The van der Waals surface area contributed by atoms with Crippen molar-refractivity contribution in [2.45, 2.75) is 13.0 Å². The van der Waals surface area contributed by atoms with Crippen molar-refractivity contribution in [3.8, 4) is 5.75 Å². The number of hydrogen-bond donors (Lipinski definition) is 1. The third-order valence-corrected chi connectivity index (χ3v) is 2.20. The smallest absolute Gasteiger partial charge is 0.331 e. The van der Waals surface area contributed by atoms with Gasteiger partial charge in [0.15, 0.2) is 11.8 Å². The van der Waals surface area contributed by atoms with E-state index in [1.807, 2.05) is 0 Å². The SMILES string of the molecule is CCOC(=O)C(N)C(=O)c1ccc(OC)cc1. The molecule has 1 rings (SSSR count). The highest BCUT2D eigenvalue weighted by molar-refractivity contribution is 6.11. The summed E-state index contributed by atoms with van der Waals surface area (Å²) in [6.45, 7) is 1.85. The van der Waals surface area contributed by atoms with Crippen molar-refractivity contribution < 1.29 is 19.1 Å². The van der Waals surface area contributed by atoms with Gasteiger partial charge in [0.2, 0.25) is 0 Å². The molecule has 0 saturated carbocycles. The Morgan fingerprint density at radius 3 is 2.35 bits per heavy atom. The number of methoxy groups -OCH3 is 1. The molecule has 0 amide bonds. The first-order valence-corrected chi connectivity index (χ1v) is 5.20. The highest BCUT2D eigenvalue weighted by Gasteiger charge is 2.24. The van der Waals surface area contributed by atoms with Crippen molar-refractivity contribution in [1.29, 1.82) is 0 Å². The molecule has 92 valence electrons. The van der Waals surface area contributed by atoms with E-state index < -0.39 is 17.8 Å². The summed E-state index contributed by atoms with van der Waals surface area (Å²) < 4.78 is 9.64. The topological polar surface area (TPSA) is 78.6 Å². The predicted molar refractivity (Wildman–Crippen MR) is 61.9 cm³/mol. The zero-order valence-electron chi connectivity index (χ0n) is 9.80. The maximum absolute atomic E-state index is 11.8. The molecule has 0 radical (unpaired) electrons. The van der Waals surface area contributed by atoms with E-state index in [4.69, 9.17) is 10.5 Å². The van der Waals surface area contributed by atoms with Gasteiger partial charge >= 0.3 is 5.97 Å². The Morgan fingerprint density at radius 1 is 1.29 bits per heavy atom. The van der Waals surface area contributed by atoms with E-state index in [2.05, 4.69) is 4.74 Å². The third kappa shape index (κ3) is 3.29. The van der Waals surface area contributed by atoms with Crippen LogP contribution >= 0.6 is 0 Å². The second kappa shape index (κ2) is 6.00. The Hall–Kier alpha value is -1.88. The van der Waals surface area contributed by atoms with Gasteiger partial charge < -0.3 is 15.2 Å². The number of carbonyl (C=O) groups is 2. The first-order chi connectivity index (χ1) is 8.10. The average molecular weight is 237 g/mol. The van der Waals surface area contributed by atoms with Crippen molar-refractivity contribution in [1.82, 2.24) is 0 Å². The molecular formula is C12H15NO4. The molecule has 0 bridgehead atoms. The Labute approximate surface area is 99.5 Å². The molecule has 17 heavy (non-hydrogen) atoms. The lowest BCUT2D eigenvalue weighted by Crippen LogP contribution is -2.40. The van der Waals surface area contributed by atoms with Crippen molar-refractivity contribution in [2.75, 3.05) is 13.7 Å². The summed E-state index contributed by atoms with van der Waals surface area (Å²) in [5.74, 6) is -0.550. The van der Waals surface area contributed by atoms with Gasteiger partial charge in [-0.1, -0.05) is 0 Å². The van der Waals surface area contributed by atoms with Gasteiger partial charge in [-0.25, -0.2) is 4.79 Å². The van der Waals surface area contributed by atoms with Gasteiger partial charge in [-0.05, 0) is 31.2 Å². The first-order valence-electron chi connectivity index (χ1n) is 5.20. The van der Waals surface area contributed by atoms with E-state index >= 15 is 0 Å². The maximum Gasteiger partial charge on any atom is 0.331 e. The molecule has 0 spiro atoms. The van der Waals surface area contributed by atoms with Crippen molar-refractivity contribution in [2.24, 2.45) is 5.73 Å². The van der Waals surface area contributed by atoms with Crippen molar-refractivity contribution in [3.63, 3.8) is 0 Å². The van der Waals surface area contributed by atoms with Gasteiger partial charge in [0, 0.05) is 5.56 Å². The number of benzene rings is 1. The average Bonchev–Trinajstić information content (AvgIpc) is 2.37. The highest BCUT2D eigenvalue weighted by Crippen LogP contribution is 2.12. The molecule has 2 N–H and O–H groups in total. The van der Waals surface area contributed by atoms with Crippen molar-refractivity contribution in [3.05, 3.63) is 29.8 Å². The fourth-order valence-corrected chi connectivity index (χ4v) is 1.27. The molecule has 5 nitrogen and oxygen atoms in total. The minimum atomic E-state index is -1.27. The van der Waals surface area contributed by atoms with Crippen LogP contribution in [0.4, 0.5) is 0 Å². The number of hydrogen-bond acceptors (Lipinski definition) is 5. The molecule has 5 heteroatoms. The molecule has 1 aromatic rings. The van der Waals surface area contributed by atoms with Crippen LogP contribution in [0.5, 0.6) is 5.75 Å². The van der Waals surface area contributed by atoms with Gasteiger partial charge in [-0.3, -0.25) is 4.79 Å². The van der Waals surface area contributed by atoms with E-state index in [-0.39, 0.29) is 6.61 Å². The zero-order valence-corrected chi connectivity index (χ0v) is 9.80. The normalized spacial score (nSPS) is 11.7. The lowest BCUT2D eigenvalue weighted by atomic mass is 10.1. The van der Waals surface area contributed by atoms with Crippen LogP contribution in [0.3, 0.4) is 0 Å². The fourth-order valence-electron chi connectivity index (χ4n) is 1.27. The zero-order chi connectivity index (χ0) is 12.8. The molecule has 1 unspecified atom stereocenters. The Balaban J connectivity index is 2.77. The summed E-state index contributed by atoms with van der Waals surface area (Å²) >= 11 is 0. The monoisotopic (exact) mass is 237 g/mol. The van der Waals surface area contributed by atoms with E-state index in [9.17, 15) is 9.59 Å². The number of Topliss-reactive ketones (excluding diaryl/α,β-unsaturated/α-hetero) is 1. The Morgan fingerprint density at radius 2 is 1.88 bits per heavy atom. The van der Waals surface area contributed by atoms with E-state index in [0.29, 0.717) is 11.3 Å². The molecular weight excluding hydrogens is 222 g/mol. The quantitative estimate of drug-likeness (QED) is 0.465. The van der Waals surface area contributed by atoms with Crippen LogP contribution in [0.2, 0.25) is 0 Å². The number of carbonyl (C=O) groups excluding carboxylic acids is 2. The van der Waals surface area contributed by atoms with Crippen molar-refractivity contribution >= 4 is 11.8 Å². The summed E-state index contributed by atoms with van der Waals surface area (Å²) in [5.41, 5.74) is 5.85.